The van der Waals surface area contributed by atoms with Crippen molar-refractivity contribution in [2.75, 3.05) is 18.9 Å². The lowest BCUT2D eigenvalue weighted by atomic mass is 9.81. The van der Waals surface area contributed by atoms with Gasteiger partial charge in [0.25, 0.3) is 5.91 Å². The normalized spacial score (nSPS) is 23.5. The second-order valence-corrected chi connectivity index (χ2v) is 11.7. The van der Waals surface area contributed by atoms with Crippen molar-refractivity contribution in [3.05, 3.63) is 12.4 Å². The summed E-state index contributed by atoms with van der Waals surface area (Å²) in [6.07, 6.45) is 4.69. The van der Waals surface area contributed by atoms with E-state index in [1.807, 2.05) is 27.7 Å². The molecule has 0 aliphatic carbocycles. The minimum atomic E-state index is -3.70. The van der Waals surface area contributed by atoms with Crippen LogP contribution in [0.5, 0.6) is 0 Å². The van der Waals surface area contributed by atoms with E-state index in [9.17, 15) is 18.3 Å². The maximum Gasteiger partial charge on any atom is 0.498 e. The second kappa shape index (κ2) is 9.95. The molecule has 2 aliphatic heterocycles. The molecule has 2 unspecified atom stereocenters. The van der Waals surface area contributed by atoms with E-state index in [1.165, 1.54) is 12.4 Å². The SMILES string of the molecule is CC1(C)OB(c2cnc(S(=O)(=O)CCCC3CCCCN3C(=O)C(O)CO)nc2)OC1(C)C. The molecule has 2 N–H and O–H groups in total. The van der Waals surface area contributed by atoms with Gasteiger partial charge >= 0.3 is 7.12 Å². The summed E-state index contributed by atoms with van der Waals surface area (Å²) >= 11 is 0. The molecule has 10 nitrogen and oxygen atoms in total. The van der Waals surface area contributed by atoms with E-state index in [1.54, 1.807) is 4.90 Å². The number of carbonyl (C=O) groups excluding carboxylic acids is 1. The Bertz CT molecular complexity index is 924. The van der Waals surface area contributed by atoms with Crippen LogP contribution >= 0.6 is 0 Å². The number of hydrogen-bond donors (Lipinski definition) is 2. The van der Waals surface area contributed by atoms with Gasteiger partial charge < -0.3 is 24.4 Å². The standard InChI is InChI=1S/C21H34BN3O7S/c1-20(2)21(3,4)32-22(31-20)15-12-23-19(24-13-15)33(29,30)11-7-9-16-8-5-6-10-25(16)18(28)17(27)14-26/h12-13,16-17,26-27H,5-11,14H2,1-4H3. The van der Waals surface area contributed by atoms with Crippen LogP contribution < -0.4 is 5.46 Å². The van der Waals surface area contributed by atoms with Crippen LogP contribution in [-0.4, -0.2) is 88.8 Å². The van der Waals surface area contributed by atoms with Gasteiger partial charge in [-0.2, -0.15) is 0 Å². The third-order valence-corrected chi connectivity index (χ3v) is 8.36. The fourth-order valence-corrected chi connectivity index (χ4v) is 5.20. The molecule has 2 saturated heterocycles. The van der Waals surface area contributed by atoms with E-state index >= 15 is 0 Å². The Hall–Kier alpha value is -1.60. The molecule has 1 aromatic rings. The van der Waals surface area contributed by atoms with Gasteiger partial charge in [0.05, 0.1) is 23.6 Å². The predicted octanol–water partition coefficient (Wildman–Crippen LogP) is 0.0640. The molecule has 1 amide bonds. The summed E-state index contributed by atoms with van der Waals surface area (Å²) < 4.78 is 37.4. The number of aliphatic hydroxyl groups excluding tert-OH is 2. The van der Waals surface area contributed by atoms with Gasteiger partial charge in [-0.3, -0.25) is 4.79 Å². The Kier molecular flexibility index (Phi) is 7.84. The molecule has 184 valence electrons. The first-order chi connectivity index (χ1) is 15.4. The molecule has 2 atom stereocenters. The molecule has 0 saturated carbocycles. The maximum atomic E-state index is 12.7. The van der Waals surface area contributed by atoms with Crippen LogP contribution in [-0.2, 0) is 23.9 Å². The highest BCUT2D eigenvalue weighted by atomic mass is 32.2. The molecular formula is C21H34BN3O7S. The Morgan fingerprint density at radius 1 is 1.21 bits per heavy atom. The molecule has 0 aromatic carbocycles. The fraction of sp³-hybridized carbons (Fsp3) is 0.762. The van der Waals surface area contributed by atoms with Crippen LogP contribution in [0.4, 0.5) is 0 Å². The Balaban J connectivity index is 1.59. The summed E-state index contributed by atoms with van der Waals surface area (Å²) in [5, 5.41) is 18.5. The summed E-state index contributed by atoms with van der Waals surface area (Å²) in [5.74, 6) is -0.657. The zero-order valence-electron chi connectivity index (χ0n) is 19.7. The molecule has 12 heteroatoms. The van der Waals surface area contributed by atoms with E-state index in [4.69, 9.17) is 14.4 Å². The van der Waals surface area contributed by atoms with Crippen molar-refractivity contribution in [2.24, 2.45) is 0 Å². The zero-order chi connectivity index (χ0) is 24.4. The highest BCUT2D eigenvalue weighted by molar-refractivity contribution is 7.91. The van der Waals surface area contributed by atoms with Crippen LogP contribution in [0.15, 0.2) is 17.6 Å². The number of nitrogens with zero attached hydrogens (tertiary/aromatic N) is 3. The molecule has 0 spiro atoms. The van der Waals surface area contributed by atoms with Gasteiger partial charge in [-0.25, -0.2) is 18.4 Å². The van der Waals surface area contributed by atoms with Crippen molar-refractivity contribution >= 4 is 28.3 Å². The lowest BCUT2D eigenvalue weighted by molar-refractivity contribution is -0.146. The lowest BCUT2D eigenvalue weighted by Crippen LogP contribution is -2.49. The van der Waals surface area contributed by atoms with Crippen LogP contribution in [0.3, 0.4) is 0 Å². The van der Waals surface area contributed by atoms with E-state index in [0.29, 0.717) is 24.8 Å². The van der Waals surface area contributed by atoms with Crippen LogP contribution in [0.1, 0.15) is 59.8 Å². The van der Waals surface area contributed by atoms with Gasteiger partial charge in [0, 0.05) is 30.4 Å². The summed E-state index contributed by atoms with van der Waals surface area (Å²) in [6.45, 7) is 7.58. The number of aliphatic hydroxyl groups is 2. The monoisotopic (exact) mass is 483 g/mol. The third-order valence-electron chi connectivity index (χ3n) is 6.77. The van der Waals surface area contributed by atoms with Crippen LogP contribution in [0.2, 0.25) is 0 Å². The van der Waals surface area contributed by atoms with Gasteiger partial charge in [-0.05, 0) is 59.8 Å². The highest BCUT2D eigenvalue weighted by Gasteiger charge is 2.52. The number of rotatable bonds is 8. The first kappa shape index (κ1) is 26.0. The van der Waals surface area contributed by atoms with Crippen molar-refractivity contribution in [1.82, 2.24) is 14.9 Å². The Morgan fingerprint density at radius 2 is 1.82 bits per heavy atom. The number of amides is 1. The molecule has 33 heavy (non-hydrogen) atoms. The van der Waals surface area contributed by atoms with Crippen LogP contribution in [0.25, 0.3) is 0 Å². The van der Waals surface area contributed by atoms with Gasteiger partial charge in [-0.15, -0.1) is 0 Å². The molecule has 3 heterocycles. The lowest BCUT2D eigenvalue weighted by Gasteiger charge is -2.36. The number of piperidine rings is 1. The Morgan fingerprint density at radius 3 is 2.39 bits per heavy atom. The number of likely N-dealkylation sites (tertiary alicyclic amines) is 1. The average molecular weight is 483 g/mol. The largest absolute Gasteiger partial charge is 0.498 e. The smallest absolute Gasteiger partial charge is 0.399 e. The second-order valence-electron chi connectivity index (χ2n) is 9.73. The minimum Gasteiger partial charge on any atom is -0.399 e. The first-order valence-corrected chi connectivity index (χ1v) is 13.0. The summed E-state index contributed by atoms with van der Waals surface area (Å²) in [7, 11) is -4.37. The summed E-state index contributed by atoms with van der Waals surface area (Å²) in [4.78, 5) is 22.0. The predicted molar refractivity (Wildman–Crippen MR) is 121 cm³/mol. The number of sulfone groups is 1. The maximum absolute atomic E-state index is 12.7. The quantitative estimate of drug-likeness (QED) is 0.388. The summed E-state index contributed by atoms with van der Waals surface area (Å²) in [6, 6.07) is -0.158. The van der Waals surface area contributed by atoms with Crippen molar-refractivity contribution in [2.45, 2.75) is 88.3 Å². The number of carbonyl (C=O) groups is 1. The minimum absolute atomic E-state index is 0.149. The average Bonchev–Trinajstić information content (AvgIpc) is 3.00. The summed E-state index contributed by atoms with van der Waals surface area (Å²) in [5.41, 5.74) is -0.500. The third kappa shape index (κ3) is 5.73. The number of aromatic nitrogens is 2. The zero-order valence-corrected chi connectivity index (χ0v) is 20.5. The first-order valence-electron chi connectivity index (χ1n) is 11.4. The molecule has 3 rings (SSSR count). The van der Waals surface area contributed by atoms with Crippen molar-refractivity contribution < 1.29 is 32.7 Å². The molecule has 0 radical (unpaired) electrons. The molecule has 2 fully saturated rings. The van der Waals surface area contributed by atoms with E-state index < -0.39 is 46.8 Å². The molecule has 0 bridgehead atoms. The molecule has 2 aliphatic rings. The van der Waals surface area contributed by atoms with Crippen LogP contribution in [0, 0.1) is 0 Å². The Labute approximate surface area is 195 Å². The van der Waals surface area contributed by atoms with Gasteiger partial charge in [0.1, 0.15) is 0 Å². The van der Waals surface area contributed by atoms with Gasteiger partial charge in [0.2, 0.25) is 15.0 Å². The van der Waals surface area contributed by atoms with E-state index in [2.05, 4.69) is 9.97 Å². The molecule has 1 aromatic heterocycles. The molecular weight excluding hydrogens is 449 g/mol. The van der Waals surface area contributed by atoms with E-state index in [0.717, 1.165) is 19.3 Å². The van der Waals surface area contributed by atoms with Crippen molar-refractivity contribution in [3.8, 4) is 0 Å². The van der Waals surface area contributed by atoms with Crippen molar-refractivity contribution in [3.63, 3.8) is 0 Å². The van der Waals surface area contributed by atoms with Gasteiger partial charge in [0.15, 0.2) is 6.10 Å². The topological polar surface area (TPSA) is 139 Å². The van der Waals surface area contributed by atoms with Crippen molar-refractivity contribution in [1.29, 1.82) is 0 Å². The van der Waals surface area contributed by atoms with Gasteiger partial charge in [-0.1, -0.05) is 0 Å². The number of hydrogen-bond acceptors (Lipinski definition) is 9. The fourth-order valence-electron chi connectivity index (χ4n) is 4.05. The highest BCUT2D eigenvalue weighted by Crippen LogP contribution is 2.36. The van der Waals surface area contributed by atoms with E-state index in [-0.39, 0.29) is 17.0 Å².